The number of hydrogen-bond donors (Lipinski definition) is 1. The summed E-state index contributed by atoms with van der Waals surface area (Å²) in [5, 5.41) is 0. The smallest absolute Gasteiger partial charge is 0.120 e. The monoisotopic (exact) mass is 278 g/mol. The van der Waals surface area contributed by atoms with Crippen LogP contribution < -0.4 is 10.5 Å². The minimum atomic E-state index is 0.0772. The maximum absolute atomic E-state index is 5.93. The molecule has 4 heteroatoms. The second kappa shape index (κ2) is 7.07. The van der Waals surface area contributed by atoms with E-state index in [1.165, 1.54) is 5.56 Å². The Hall–Kier alpha value is -1.10. The molecule has 1 aromatic rings. The number of benzene rings is 1. The molecule has 0 aromatic heterocycles. The van der Waals surface area contributed by atoms with Crippen molar-refractivity contribution in [2.24, 2.45) is 5.73 Å². The largest absolute Gasteiger partial charge is 0.491 e. The minimum absolute atomic E-state index is 0.0772. The first-order chi connectivity index (χ1) is 9.54. The van der Waals surface area contributed by atoms with Gasteiger partial charge in [-0.25, -0.2) is 0 Å². The van der Waals surface area contributed by atoms with Gasteiger partial charge in [0.2, 0.25) is 0 Å². The lowest BCUT2D eigenvalue weighted by Gasteiger charge is -2.34. The van der Waals surface area contributed by atoms with E-state index in [1.807, 2.05) is 26.8 Å². The molecule has 4 nitrogen and oxygen atoms in total. The Labute approximate surface area is 121 Å². The summed E-state index contributed by atoms with van der Waals surface area (Å²) in [5.41, 5.74) is 7.20. The van der Waals surface area contributed by atoms with Crippen LogP contribution in [0.25, 0.3) is 0 Å². The summed E-state index contributed by atoms with van der Waals surface area (Å²) in [4.78, 5) is 2.39. The Morgan fingerprint density at radius 3 is 2.90 bits per heavy atom. The van der Waals surface area contributed by atoms with Crippen LogP contribution in [0, 0.1) is 0 Å². The Morgan fingerprint density at radius 2 is 2.20 bits per heavy atom. The molecular weight excluding hydrogens is 252 g/mol. The minimum Gasteiger partial charge on any atom is -0.491 e. The van der Waals surface area contributed by atoms with Crippen LogP contribution >= 0.6 is 0 Å². The van der Waals surface area contributed by atoms with Crippen LogP contribution in [0.15, 0.2) is 24.3 Å². The average Bonchev–Trinajstić information content (AvgIpc) is 2.38. The molecule has 1 aliphatic heterocycles. The van der Waals surface area contributed by atoms with Gasteiger partial charge in [-0.05, 0) is 38.5 Å². The molecule has 0 bridgehead atoms. The highest BCUT2D eigenvalue weighted by molar-refractivity contribution is 5.28. The molecule has 0 amide bonds. The third kappa shape index (κ3) is 4.47. The summed E-state index contributed by atoms with van der Waals surface area (Å²) in [6, 6.07) is 8.40. The van der Waals surface area contributed by atoms with Crippen LogP contribution in [0.5, 0.6) is 5.75 Å². The fourth-order valence-electron chi connectivity index (χ4n) is 2.44. The molecular formula is C16H26N2O2. The second-order valence-corrected chi connectivity index (χ2v) is 5.82. The van der Waals surface area contributed by atoms with Crippen LogP contribution in [-0.4, -0.2) is 42.8 Å². The van der Waals surface area contributed by atoms with Gasteiger partial charge in [-0.1, -0.05) is 12.1 Å². The topological polar surface area (TPSA) is 47.7 Å². The van der Waals surface area contributed by atoms with Gasteiger partial charge in [-0.3, -0.25) is 4.90 Å². The molecule has 2 unspecified atom stereocenters. The van der Waals surface area contributed by atoms with Crippen molar-refractivity contribution in [2.45, 2.75) is 45.6 Å². The van der Waals surface area contributed by atoms with E-state index in [2.05, 4.69) is 23.1 Å². The molecule has 0 saturated carbocycles. The lowest BCUT2D eigenvalue weighted by molar-refractivity contribution is -0.0403. The number of hydrogen-bond acceptors (Lipinski definition) is 4. The van der Waals surface area contributed by atoms with Gasteiger partial charge < -0.3 is 15.2 Å². The van der Waals surface area contributed by atoms with Crippen molar-refractivity contribution in [2.75, 3.05) is 19.7 Å². The second-order valence-electron chi connectivity index (χ2n) is 5.82. The summed E-state index contributed by atoms with van der Waals surface area (Å²) in [6.07, 6.45) is 0.343. The highest BCUT2D eigenvalue weighted by atomic mass is 16.5. The van der Waals surface area contributed by atoms with Crippen LogP contribution in [0.2, 0.25) is 0 Å². The van der Waals surface area contributed by atoms with Crippen molar-refractivity contribution < 1.29 is 9.47 Å². The van der Waals surface area contributed by atoms with Crippen LogP contribution in [0.1, 0.15) is 26.3 Å². The molecule has 1 aromatic carbocycles. The molecule has 2 N–H and O–H groups in total. The number of ether oxygens (including phenoxy) is 2. The van der Waals surface area contributed by atoms with Gasteiger partial charge >= 0.3 is 0 Å². The van der Waals surface area contributed by atoms with Crippen molar-refractivity contribution in [3.8, 4) is 5.75 Å². The number of rotatable bonds is 5. The zero-order chi connectivity index (χ0) is 14.5. The average molecular weight is 278 g/mol. The molecule has 2 atom stereocenters. The molecule has 0 radical (unpaired) electrons. The first-order valence-electron chi connectivity index (χ1n) is 7.39. The van der Waals surface area contributed by atoms with E-state index in [1.54, 1.807) is 0 Å². The lowest BCUT2D eigenvalue weighted by atomic mass is 10.1. The van der Waals surface area contributed by atoms with Gasteiger partial charge in [0, 0.05) is 25.7 Å². The Bertz CT molecular complexity index is 421. The summed E-state index contributed by atoms with van der Waals surface area (Å²) in [5.74, 6) is 0.939. The van der Waals surface area contributed by atoms with Gasteiger partial charge in [0.05, 0.1) is 18.8 Å². The highest BCUT2D eigenvalue weighted by Crippen LogP contribution is 2.18. The van der Waals surface area contributed by atoms with E-state index >= 15 is 0 Å². The molecule has 2 rings (SSSR count). The Balaban J connectivity index is 1.95. The van der Waals surface area contributed by atoms with Crippen molar-refractivity contribution in [1.82, 2.24) is 4.90 Å². The molecule has 1 aliphatic rings. The Kier molecular flexibility index (Phi) is 5.40. The predicted octanol–water partition coefficient (Wildman–Crippen LogP) is 2.02. The van der Waals surface area contributed by atoms with Gasteiger partial charge in [0.25, 0.3) is 0 Å². The first kappa shape index (κ1) is 15.3. The van der Waals surface area contributed by atoms with E-state index in [9.17, 15) is 0 Å². The maximum atomic E-state index is 5.93. The van der Waals surface area contributed by atoms with E-state index in [0.29, 0.717) is 0 Å². The van der Waals surface area contributed by atoms with E-state index in [4.69, 9.17) is 15.2 Å². The number of morpholine rings is 1. The van der Waals surface area contributed by atoms with Gasteiger partial charge in [-0.2, -0.15) is 0 Å². The summed E-state index contributed by atoms with van der Waals surface area (Å²) < 4.78 is 11.4. The molecule has 0 spiro atoms. The number of nitrogens with two attached hydrogens (primary N) is 1. The van der Waals surface area contributed by atoms with Crippen molar-refractivity contribution in [1.29, 1.82) is 0 Å². The Morgan fingerprint density at radius 1 is 1.40 bits per heavy atom. The zero-order valence-electron chi connectivity index (χ0n) is 12.7. The highest BCUT2D eigenvalue weighted by Gasteiger charge is 2.23. The summed E-state index contributed by atoms with van der Waals surface area (Å²) in [7, 11) is 0. The maximum Gasteiger partial charge on any atom is 0.120 e. The van der Waals surface area contributed by atoms with E-state index in [-0.39, 0.29) is 18.2 Å². The van der Waals surface area contributed by atoms with Crippen molar-refractivity contribution >= 4 is 0 Å². The molecule has 1 heterocycles. The predicted molar refractivity (Wildman–Crippen MR) is 80.9 cm³/mol. The molecule has 112 valence electrons. The van der Waals surface area contributed by atoms with Crippen LogP contribution in [0.3, 0.4) is 0 Å². The lowest BCUT2D eigenvalue weighted by Crippen LogP contribution is -2.49. The van der Waals surface area contributed by atoms with E-state index in [0.717, 1.165) is 32.0 Å². The third-order valence-electron chi connectivity index (χ3n) is 3.44. The van der Waals surface area contributed by atoms with Gasteiger partial charge in [-0.15, -0.1) is 0 Å². The summed E-state index contributed by atoms with van der Waals surface area (Å²) >= 11 is 0. The fourth-order valence-corrected chi connectivity index (χ4v) is 2.44. The molecule has 0 aliphatic carbocycles. The molecule has 1 saturated heterocycles. The van der Waals surface area contributed by atoms with Gasteiger partial charge in [0.15, 0.2) is 0 Å². The SMILES string of the molecule is CC(C)Oc1cccc(CN2CCOC(C(C)N)C2)c1. The normalized spacial score (nSPS) is 21.9. The standard InChI is InChI=1S/C16H26N2O2/c1-12(2)20-15-6-4-5-14(9-15)10-18-7-8-19-16(11-18)13(3)17/h4-6,9,12-13,16H,7-8,10-11,17H2,1-3H3. The molecule has 20 heavy (non-hydrogen) atoms. The zero-order valence-corrected chi connectivity index (χ0v) is 12.7. The third-order valence-corrected chi connectivity index (χ3v) is 3.44. The first-order valence-corrected chi connectivity index (χ1v) is 7.39. The van der Waals surface area contributed by atoms with Crippen molar-refractivity contribution in [3.05, 3.63) is 29.8 Å². The van der Waals surface area contributed by atoms with E-state index < -0.39 is 0 Å². The fraction of sp³-hybridized carbons (Fsp3) is 0.625. The van der Waals surface area contributed by atoms with Crippen LogP contribution in [0.4, 0.5) is 0 Å². The van der Waals surface area contributed by atoms with Crippen LogP contribution in [-0.2, 0) is 11.3 Å². The summed E-state index contributed by atoms with van der Waals surface area (Å²) in [6.45, 7) is 9.62. The van der Waals surface area contributed by atoms with Gasteiger partial charge in [0.1, 0.15) is 5.75 Å². The van der Waals surface area contributed by atoms with Crippen molar-refractivity contribution in [3.63, 3.8) is 0 Å². The molecule has 1 fully saturated rings. The number of nitrogens with zero attached hydrogens (tertiary/aromatic N) is 1. The quantitative estimate of drug-likeness (QED) is 0.895.